The van der Waals surface area contributed by atoms with Gasteiger partial charge in [0.25, 0.3) is 0 Å². The smallest absolute Gasteiger partial charge is 0.331 e. The number of esters is 1. The van der Waals surface area contributed by atoms with Crippen LogP contribution < -0.4 is 0 Å². The van der Waals surface area contributed by atoms with Gasteiger partial charge in [0.1, 0.15) is 17.5 Å². The Hall–Kier alpha value is -2.79. The van der Waals surface area contributed by atoms with Gasteiger partial charge in [0.15, 0.2) is 0 Å². The minimum Gasteiger partial charge on any atom is -0.458 e. The zero-order valence-electron chi connectivity index (χ0n) is 38.1. The molecule has 0 aromatic rings. The molecule has 2 bridgehead atoms. The number of Topliss-reactive ketones (excluding diaryl/α,β-unsaturated/α-hetero) is 1. The third kappa shape index (κ3) is 14.1. The molecule has 14 heteroatoms. The summed E-state index contributed by atoms with van der Waals surface area (Å²) in [4.78, 5) is 39.5. The van der Waals surface area contributed by atoms with Crippen molar-refractivity contribution in [1.29, 1.82) is 0 Å². The van der Waals surface area contributed by atoms with E-state index in [9.17, 15) is 24.6 Å². The first-order valence-corrected chi connectivity index (χ1v) is 21.4. The van der Waals surface area contributed by atoms with Gasteiger partial charge in [-0.3, -0.25) is 9.59 Å². The number of ketones is 1. The Kier molecular flexibility index (Phi) is 21.3. The third-order valence-electron chi connectivity index (χ3n) is 13.0. The first-order chi connectivity index (χ1) is 28.5. The van der Waals surface area contributed by atoms with E-state index in [2.05, 4.69) is 6.08 Å². The summed E-state index contributed by atoms with van der Waals surface area (Å²) in [6, 6.07) is 0. The average Bonchev–Trinajstić information content (AvgIpc) is 4.05. The minimum absolute atomic E-state index is 0.00245. The number of cyclic esters (lactones) is 1. The molecular weight excluding hydrogens is 774 g/mol. The van der Waals surface area contributed by atoms with E-state index in [1.807, 2.05) is 46.8 Å². The molecule has 3 aliphatic heterocycles. The molecule has 60 heavy (non-hydrogen) atoms. The predicted molar refractivity (Wildman–Crippen MR) is 227 cm³/mol. The number of epoxide rings is 1. The molecule has 3 rings (SSSR count). The van der Waals surface area contributed by atoms with Crippen molar-refractivity contribution in [2.45, 2.75) is 147 Å². The van der Waals surface area contributed by atoms with E-state index >= 15 is 0 Å². The van der Waals surface area contributed by atoms with Crippen LogP contribution in [0.2, 0.25) is 0 Å². The van der Waals surface area contributed by atoms with E-state index in [0.29, 0.717) is 50.7 Å². The molecule has 0 aromatic heterocycles. The topological polar surface area (TPSA) is 172 Å². The van der Waals surface area contributed by atoms with Crippen LogP contribution in [0, 0.1) is 29.6 Å². The van der Waals surface area contributed by atoms with Crippen LogP contribution in [0.25, 0.3) is 0 Å². The van der Waals surface area contributed by atoms with E-state index in [1.165, 1.54) is 11.0 Å². The highest BCUT2D eigenvalue weighted by atomic mass is 16.6. The summed E-state index contributed by atoms with van der Waals surface area (Å²) >= 11 is 0. The van der Waals surface area contributed by atoms with Crippen molar-refractivity contribution in [3.63, 3.8) is 0 Å². The summed E-state index contributed by atoms with van der Waals surface area (Å²) in [5.41, 5.74) is -0.141. The van der Waals surface area contributed by atoms with Gasteiger partial charge in [0.05, 0.1) is 61.5 Å². The maximum atomic E-state index is 13.6. The standard InChI is InChI=1S/C46H75NO13/c1-28-16-19-42(51)60-45(33(6)43(52)29(2)17-18-36(49)31(4)44(57-12)30(3)20-21-47(7)27-48)32(5)38(53-8)25-41(56-11)46(26-58-46)40(55-10)24-35-15-13-14-34(59-35)23-39(54-9)37(50)22-28/h13-14,16,19-22,27,29-35,37-41,43-45,50,52H,15,17-18,23-26H2,1-12H3/b19-16?,21-20+,28-22+/t29-,30+,31-,32-,33-,34-,35-,37-,38+,39+,40-,41-,43-,44+,45-,46-/m0/s1. The number of methoxy groups -OCH3 is 5. The summed E-state index contributed by atoms with van der Waals surface area (Å²) < 4.78 is 48.7. The summed E-state index contributed by atoms with van der Waals surface area (Å²) in [5, 5.41) is 23.0. The van der Waals surface area contributed by atoms with Crippen molar-refractivity contribution in [1.82, 2.24) is 4.90 Å². The highest BCUT2D eigenvalue weighted by Crippen LogP contribution is 2.43. The third-order valence-corrected chi connectivity index (χ3v) is 13.0. The highest BCUT2D eigenvalue weighted by molar-refractivity contribution is 5.82. The molecule has 0 saturated carbocycles. The second kappa shape index (κ2) is 24.7. The second-order valence-electron chi connectivity index (χ2n) is 17.2. The maximum Gasteiger partial charge on any atom is 0.331 e. The van der Waals surface area contributed by atoms with Crippen LogP contribution in [0.3, 0.4) is 0 Å². The molecule has 0 aliphatic carbocycles. The number of rotatable bonds is 17. The Morgan fingerprint density at radius 3 is 2.23 bits per heavy atom. The number of hydrogen-bond donors (Lipinski definition) is 2. The SMILES string of the molecule is CO[C@H]([C@H](C)/C=C/N(C)C=O)[C@@H](C)C(=O)CC[C@H](C)[C@H](O)[C@H](C)[C@H]1OC(=O)C=C/C(C)=C/[C@H](O)[C@H](OC)C[C@@H]2C=CC[C@@H](C[C@H](OC)[C@@]3(CO3)[C@@H](OC)C[C@@H](OC)[C@@H]1C)O2. The Morgan fingerprint density at radius 2 is 1.65 bits per heavy atom. The van der Waals surface area contributed by atoms with Crippen molar-refractivity contribution in [2.24, 2.45) is 29.6 Å². The Bertz CT molecular complexity index is 1460. The van der Waals surface area contributed by atoms with E-state index in [-0.39, 0.29) is 42.4 Å². The molecule has 1 saturated heterocycles. The number of nitrogens with zero attached hydrogens (tertiary/aromatic N) is 1. The molecule has 342 valence electrons. The van der Waals surface area contributed by atoms with Crippen LogP contribution in [0.4, 0.5) is 0 Å². The van der Waals surface area contributed by atoms with Gasteiger partial charge < -0.3 is 53.0 Å². The monoisotopic (exact) mass is 850 g/mol. The fourth-order valence-electron chi connectivity index (χ4n) is 8.91. The van der Waals surface area contributed by atoms with Crippen LogP contribution in [-0.4, -0.2) is 149 Å². The molecule has 16 atom stereocenters. The number of carbonyl (C=O) groups excluding carboxylic acids is 3. The Labute approximate surface area is 358 Å². The number of carbonyl (C=O) groups is 3. The van der Waals surface area contributed by atoms with E-state index in [4.69, 9.17) is 37.9 Å². The van der Waals surface area contributed by atoms with E-state index in [0.717, 1.165) is 0 Å². The van der Waals surface area contributed by atoms with Crippen molar-refractivity contribution < 1.29 is 62.5 Å². The van der Waals surface area contributed by atoms with Gasteiger partial charge in [-0.2, -0.15) is 0 Å². The number of hydrogen-bond acceptors (Lipinski definition) is 13. The molecule has 0 radical (unpaired) electrons. The largest absolute Gasteiger partial charge is 0.458 e. The van der Waals surface area contributed by atoms with Gasteiger partial charge in [0.2, 0.25) is 6.41 Å². The number of ether oxygens (including phenoxy) is 8. The molecule has 3 heterocycles. The van der Waals surface area contributed by atoms with Gasteiger partial charge in [-0.25, -0.2) is 4.79 Å². The van der Waals surface area contributed by atoms with Gasteiger partial charge in [-0.1, -0.05) is 70.6 Å². The lowest BCUT2D eigenvalue weighted by molar-refractivity contribution is -0.159. The van der Waals surface area contributed by atoms with Crippen molar-refractivity contribution in [3.05, 3.63) is 48.2 Å². The molecule has 0 unspecified atom stereocenters. The summed E-state index contributed by atoms with van der Waals surface area (Å²) in [5.74, 6) is -2.55. The fraction of sp³-hybridized carbons (Fsp3) is 0.761. The number of aliphatic hydroxyl groups excluding tert-OH is 2. The molecule has 2 N–H and O–H groups in total. The molecule has 1 spiro atoms. The summed E-state index contributed by atoms with van der Waals surface area (Å²) in [6.45, 7) is 11.6. The minimum atomic E-state index is -0.978. The molecule has 3 aliphatic rings. The average molecular weight is 850 g/mol. The summed E-state index contributed by atoms with van der Waals surface area (Å²) in [7, 11) is 9.65. The molecule has 14 nitrogen and oxygen atoms in total. The van der Waals surface area contributed by atoms with E-state index in [1.54, 1.807) is 67.9 Å². The van der Waals surface area contributed by atoms with Crippen LogP contribution >= 0.6 is 0 Å². The van der Waals surface area contributed by atoms with Crippen molar-refractivity contribution >= 4 is 18.2 Å². The van der Waals surface area contributed by atoms with E-state index < -0.39 is 72.1 Å². The Morgan fingerprint density at radius 1 is 1.00 bits per heavy atom. The van der Waals surface area contributed by atoms with Gasteiger partial charge in [-0.15, -0.1) is 0 Å². The zero-order chi connectivity index (χ0) is 44.7. The Balaban J connectivity index is 1.90. The van der Waals surface area contributed by atoms with Crippen LogP contribution in [0.15, 0.2) is 48.2 Å². The lowest BCUT2D eigenvalue weighted by Crippen LogP contribution is -2.50. The highest BCUT2D eigenvalue weighted by Gasteiger charge is 2.59. The molecule has 1 fully saturated rings. The predicted octanol–water partition coefficient (Wildman–Crippen LogP) is 5.00. The van der Waals surface area contributed by atoms with Gasteiger partial charge in [0, 0.05) is 104 Å². The zero-order valence-corrected chi connectivity index (χ0v) is 38.1. The maximum absolute atomic E-state index is 13.6. The second-order valence-corrected chi connectivity index (χ2v) is 17.2. The van der Waals surface area contributed by atoms with Crippen LogP contribution in [0.5, 0.6) is 0 Å². The normalized spacial score (nSPS) is 34.7. The van der Waals surface area contributed by atoms with Gasteiger partial charge in [-0.05, 0) is 25.7 Å². The van der Waals surface area contributed by atoms with Gasteiger partial charge >= 0.3 is 5.97 Å². The summed E-state index contributed by atoms with van der Waals surface area (Å²) in [6.07, 6.45) is 9.91. The fourth-order valence-corrected chi connectivity index (χ4v) is 8.91. The first-order valence-electron chi connectivity index (χ1n) is 21.4. The van der Waals surface area contributed by atoms with Crippen LogP contribution in [0.1, 0.15) is 80.1 Å². The number of amides is 1. The van der Waals surface area contributed by atoms with Crippen molar-refractivity contribution in [3.8, 4) is 0 Å². The number of fused-ring (bicyclic) bond motifs is 2. The first kappa shape index (κ1) is 51.6. The lowest BCUT2D eigenvalue weighted by atomic mass is 9.78. The van der Waals surface area contributed by atoms with Crippen molar-refractivity contribution in [2.75, 3.05) is 49.2 Å². The number of aliphatic hydroxyl groups is 2. The van der Waals surface area contributed by atoms with Crippen LogP contribution in [-0.2, 0) is 52.3 Å². The molecule has 0 aromatic carbocycles. The molecule has 1 amide bonds. The number of allylic oxidation sites excluding steroid dienone is 2. The quantitative estimate of drug-likeness (QED) is 0.0869. The molecular formula is C46H75NO13. The lowest BCUT2D eigenvalue weighted by Gasteiger charge is -2.39.